The van der Waals surface area contributed by atoms with Crippen LogP contribution in [0.3, 0.4) is 0 Å². The number of nitrogens with one attached hydrogen (secondary N) is 1. The predicted octanol–water partition coefficient (Wildman–Crippen LogP) is 2.20. The van der Waals surface area contributed by atoms with Crippen LogP contribution in [0.25, 0.3) is 0 Å². The number of alkyl halides is 3. The first-order chi connectivity index (χ1) is 15.6. The number of ether oxygens (including phenoxy) is 3. The molecule has 33 heavy (non-hydrogen) atoms. The molecule has 3 rings (SSSR count). The van der Waals surface area contributed by atoms with E-state index < -0.39 is 27.0 Å². The molecule has 0 radical (unpaired) electrons. The summed E-state index contributed by atoms with van der Waals surface area (Å²) in [6.45, 7) is 1.23. The second-order valence-corrected chi connectivity index (χ2v) is 10.3. The number of piperidine rings is 1. The number of halogens is 3. The lowest BCUT2D eigenvalue weighted by atomic mass is 9.98. The number of hydroxylamine groups is 1. The third-order valence-electron chi connectivity index (χ3n) is 6.00. The van der Waals surface area contributed by atoms with Gasteiger partial charge in [0.1, 0.15) is 5.75 Å². The van der Waals surface area contributed by atoms with Crippen molar-refractivity contribution in [3.05, 3.63) is 29.8 Å². The molecule has 2 aliphatic rings. The van der Waals surface area contributed by atoms with E-state index in [1.165, 1.54) is 34.1 Å². The molecule has 0 bridgehead atoms. The van der Waals surface area contributed by atoms with E-state index in [1.807, 2.05) is 0 Å². The number of sulfonamides is 1. The summed E-state index contributed by atoms with van der Waals surface area (Å²) in [7, 11) is -4.01. The van der Waals surface area contributed by atoms with E-state index in [9.17, 15) is 26.4 Å². The van der Waals surface area contributed by atoms with Gasteiger partial charge >= 0.3 is 6.36 Å². The number of rotatable bonds is 8. The summed E-state index contributed by atoms with van der Waals surface area (Å²) in [5, 5.41) is 9.12. The lowest BCUT2D eigenvalue weighted by molar-refractivity contribution is -0.274. The summed E-state index contributed by atoms with van der Waals surface area (Å²) in [5.74, 6) is -1.15. The Bertz CT molecular complexity index is 895. The largest absolute Gasteiger partial charge is 0.573 e. The molecular formula is C20H27F3N2O7S. The second kappa shape index (κ2) is 10.6. The highest BCUT2D eigenvalue weighted by Gasteiger charge is 2.54. The summed E-state index contributed by atoms with van der Waals surface area (Å²) in [6.07, 6.45) is -3.74. The predicted molar refractivity (Wildman–Crippen MR) is 109 cm³/mol. The Morgan fingerprint density at radius 1 is 1.18 bits per heavy atom. The minimum atomic E-state index is -4.74. The van der Waals surface area contributed by atoms with E-state index in [4.69, 9.17) is 14.7 Å². The number of carbonyl (C=O) groups is 1. The van der Waals surface area contributed by atoms with E-state index in [-0.39, 0.29) is 57.4 Å². The molecule has 1 aromatic rings. The van der Waals surface area contributed by atoms with Crippen LogP contribution in [0.15, 0.2) is 24.3 Å². The third kappa shape index (κ3) is 6.15. The fraction of sp³-hybridized carbons (Fsp3) is 0.650. The van der Waals surface area contributed by atoms with E-state index in [2.05, 4.69) is 4.74 Å². The van der Waals surface area contributed by atoms with Gasteiger partial charge in [0, 0.05) is 45.8 Å². The lowest BCUT2D eigenvalue weighted by Crippen LogP contribution is -2.60. The van der Waals surface area contributed by atoms with Gasteiger partial charge in [-0.15, -0.1) is 13.2 Å². The van der Waals surface area contributed by atoms with Crippen LogP contribution in [0.5, 0.6) is 5.75 Å². The zero-order valence-electron chi connectivity index (χ0n) is 17.8. The summed E-state index contributed by atoms with van der Waals surface area (Å²) in [5.41, 5.74) is 2.19. The van der Waals surface area contributed by atoms with Crippen LogP contribution < -0.4 is 10.2 Å². The van der Waals surface area contributed by atoms with Gasteiger partial charge in [0.15, 0.2) is 4.75 Å². The van der Waals surface area contributed by atoms with Crippen LogP contribution in [0.1, 0.15) is 31.2 Å². The molecule has 9 nitrogen and oxygen atoms in total. The molecular weight excluding hydrogens is 469 g/mol. The fourth-order valence-corrected chi connectivity index (χ4v) is 6.25. The highest BCUT2D eigenvalue weighted by molar-refractivity contribution is 7.91. The number of benzene rings is 1. The molecule has 1 aromatic carbocycles. The summed E-state index contributed by atoms with van der Waals surface area (Å²) in [6, 6.07) is 5.39. The van der Waals surface area contributed by atoms with Crippen molar-refractivity contribution in [3.63, 3.8) is 0 Å². The highest BCUT2D eigenvalue weighted by atomic mass is 32.2. The standard InChI is InChI=1S/C20H27F3N2O7S/c21-20(22,23)32-17-3-1-15(2-4-17)13-31-14-16-5-9-25(10-6-16)33(28,29)19(18(26)24-27)7-11-30-12-8-19/h1-4,16,27H,5-14H2,(H,24,26). The average Bonchev–Trinajstić information content (AvgIpc) is 2.79. The van der Waals surface area contributed by atoms with Crippen LogP contribution in [0.4, 0.5) is 13.2 Å². The van der Waals surface area contributed by atoms with E-state index in [1.54, 1.807) is 0 Å². The number of amides is 1. The molecule has 186 valence electrons. The van der Waals surface area contributed by atoms with Crippen LogP contribution in [0.2, 0.25) is 0 Å². The topological polar surface area (TPSA) is 114 Å². The molecule has 0 saturated carbocycles. The maximum Gasteiger partial charge on any atom is 0.573 e. The van der Waals surface area contributed by atoms with E-state index in [0.29, 0.717) is 25.0 Å². The second-order valence-electron chi connectivity index (χ2n) is 8.10. The summed E-state index contributed by atoms with van der Waals surface area (Å²) >= 11 is 0. The Morgan fingerprint density at radius 2 is 1.79 bits per heavy atom. The lowest BCUT2D eigenvalue weighted by Gasteiger charge is -2.40. The number of hydrogen-bond acceptors (Lipinski definition) is 7. The Balaban J connectivity index is 1.49. The average molecular weight is 497 g/mol. The van der Waals surface area contributed by atoms with E-state index >= 15 is 0 Å². The van der Waals surface area contributed by atoms with Gasteiger partial charge in [-0.1, -0.05) is 12.1 Å². The molecule has 0 aliphatic carbocycles. The van der Waals surface area contributed by atoms with Crippen molar-refractivity contribution in [2.45, 2.75) is 43.4 Å². The SMILES string of the molecule is O=C(NO)C1(S(=O)(=O)N2CCC(COCc3ccc(OC(F)(F)F)cc3)CC2)CCOCC1. The molecule has 13 heteroatoms. The Hall–Kier alpha value is -1.93. The van der Waals surface area contributed by atoms with Gasteiger partial charge in [-0.05, 0) is 36.5 Å². The maximum absolute atomic E-state index is 13.3. The van der Waals surface area contributed by atoms with Gasteiger partial charge in [0.25, 0.3) is 5.91 Å². The summed E-state index contributed by atoms with van der Waals surface area (Å²) in [4.78, 5) is 12.3. The Morgan fingerprint density at radius 3 is 2.33 bits per heavy atom. The highest BCUT2D eigenvalue weighted by Crippen LogP contribution is 2.35. The first-order valence-corrected chi connectivity index (χ1v) is 12.0. The van der Waals surface area contributed by atoms with Gasteiger partial charge in [0.05, 0.1) is 6.61 Å². The number of carbonyl (C=O) groups excluding carboxylic acids is 1. The molecule has 0 aromatic heterocycles. The fourth-order valence-electron chi connectivity index (χ4n) is 4.10. The van der Waals surface area contributed by atoms with Gasteiger partial charge < -0.3 is 14.2 Å². The van der Waals surface area contributed by atoms with Crippen molar-refractivity contribution in [2.24, 2.45) is 5.92 Å². The first kappa shape index (κ1) is 25.7. The van der Waals surface area contributed by atoms with Crippen molar-refractivity contribution >= 4 is 15.9 Å². The van der Waals surface area contributed by atoms with Crippen molar-refractivity contribution in [2.75, 3.05) is 32.9 Å². The van der Waals surface area contributed by atoms with Crippen molar-refractivity contribution in [3.8, 4) is 5.75 Å². The quantitative estimate of drug-likeness (QED) is 0.419. The van der Waals surface area contributed by atoms with Gasteiger partial charge in [0.2, 0.25) is 10.0 Å². The van der Waals surface area contributed by atoms with Gasteiger partial charge in [-0.3, -0.25) is 10.0 Å². The monoisotopic (exact) mass is 496 g/mol. The molecule has 2 heterocycles. The van der Waals surface area contributed by atoms with E-state index in [0.717, 1.165) is 0 Å². The number of hydrogen-bond donors (Lipinski definition) is 2. The van der Waals surface area contributed by atoms with Gasteiger partial charge in [-0.25, -0.2) is 18.2 Å². The zero-order valence-corrected chi connectivity index (χ0v) is 18.7. The molecule has 1 amide bonds. The summed E-state index contributed by atoms with van der Waals surface area (Å²) < 4.78 is 77.4. The molecule has 2 fully saturated rings. The first-order valence-electron chi connectivity index (χ1n) is 10.5. The molecule has 0 spiro atoms. The van der Waals surface area contributed by atoms with Crippen molar-refractivity contribution in [1.29, 1.82) is 0 Å². The smallest absolute Gasteiger partial charge is 0.406 e. The normalized spacial score (nSPS) is 20.4. The minimum absolute atomic E-state index is 0.0302. The Kier molecular flexibility index (Phi) is 8.22. The van der Waals surface area contributed by atoms with Crippen LogP contribution in [-0.4, -0.2) is 67.9 Å². The van der Waals surface area contributed by atoms with Crippen LogP contribution >= 0.6 is 0 Å². The Labute approximate surface area is 189 Å². The molecule has 0 unspecified atom stereocenters. The van der Waals surface area contributed by atoms with Gasteiger partial charge in [-0.2, -0.15) is 0 Å². The van der Waals surface area contributed by atoms with Crippen LogP contribution in [0, 0.1) is 5.92 Å². The minimum Gasteiger partial charge on any atom is -0.406 e. The molecule has 2 aliphatic heterocycles. The molecule has 2 saturated heterocycles. The third-order valence-corrected chi connectivity index (χ3v) is 8.63. The maximum atomic E-state index is 13.3. The van der Waals surface area contributed by atoms with Crippen molar-refractivity contribution < 1.29 is 45.8 Å². The van der Waals surface area contributed by atoms with Crippen molar-refractivity contribution in [1.82, 2.24) is 9.79 Å². The van der Waals surface area contributed by atoms with Crippen LogP contribution in [-0.2, 0) is 30.9 Å². The zero-order chi connectivity index (χ0) is 24.1. The molecule has 2 N–H and O–H groups in total. The molecule has 0 atom stereocenters. The number of nitrogens with zero attached hydrogens (tertiary/aromatic N) is 1.